The molecule has 16 heavy (non-hydrogen) atoms. The fraction of sp³-hybridized carbons (Fsp3) is 1.00. The number of piperazine rings is 1. The van der Waals surface area contributed by atoms with Crippen molar-refractivity contribution < 1.29 is 5.11 Å². The highest BCUT2D eigenvalue weighted by Crippen LogP contribution is 2.16. The Morgan fingerprint density at radius 2 is 1.56 bits per heavy atom. The Morgan fingerprint density at radius 1 is 1.06 bits per heavy atom. The average Bonchev–Trinajstić information content (AvgIpc) is 2.16. The molecule has 3 N–H and O–H groups in total. The molecule has 0 bridgehead atoms. The zero-order chi connectivity index (χ0) is 12.4. The minimum atomic E-state index is -0.468. The molecule has 0 aromatic carbocycles. The first-order valence-electron chi connectivity index (χ1n) is 6.12. The SMILES string of the molecule is CC(N)(CO)CN1CCN(C(C)(C)C)CC1. The minimum Gasteiger partial charge on any atom is -0.394 e. The van der Waals surface area contributed by atoms with E-state index in [1.54, 1.807) is 0 Å². The van der Waals surface area contributed by atoms with Crippen LogP contribution in [0.15, 0.2) is 0 Å². The van der Waals surface area contributed by atoms with Gasteiger partial charge in [-0.3, -0.25) is 9.80 Å². The zero-order valence-electron chi connectivity index (χ0n) is 11.2. The van der Waals surface area contributed by atoms with Gasteiger partial charge in [-0.05, 0) is 27.7 Å². The predicted molar refractivity (Wildman–Crippen MR) is 67.4 cm³/mol. The molecule has 1 saturated heterocycles. The molecular weight excluding hydrogens is 202 g/mol. The van der Waals surface area contributed by atoms with Gasteiger partial charge in [-0.15, -0.1) is 0 Å². The molecule has 0 aromatic heterocycles. The van der Waals surface area contributed by atoms with E-state index in [4.69, 9.17) is 10.8 Å². The molecular formula is C12H27N3O. The molecule has 0 aliphatic carbocycles. The van der Waals surface area contributed by atoms with Crippen molar-refractivity contribution in [3.8, 4) is 0 Å². The molecule has 0 amide bonds. The van der Waals surface area contributed by atoms with Gasteiger partial charge in [0.15, 0.2) is 0 Å². The van der Waals surface area contributed by atoms with Gasteiger partial charge in [0.05, 0.1) is 6.61 Å². The lowest BCUT2D eigenvalue weighted by Gasteiger charge is -2.43. The van der Waals surface area contributed by atoms with Crippen molar-refractivity contribution in [3.05, 3.63) is 0 Å². The van der Waals surface area contributed by atoms with E-state index in [9.17, 15) is 0 Å². The number of aliphatic hydroxyl groups excluding tert-OH is 1. The standard InChI is InChI=1S/C12H27N3O/c1-11(2,3)15-7-5-14(6-8-15)9-12(4,13)10-16/h16H,5-10,13H2,1-4H3. The molecule has 1 atom stereocenters. The van der Waals surface area contributed by atoms with Crippen molar-refractivity contribution in [1.82, 2.24) is 9.80 Å². The number of nitrogens with zero attached hydrogens (tertiary/aromatic N) is 2. The summed E-state index contributed by atoms with van der Waals surface area (Å²) >= 11 is 0. The van der Waals surface area contributed by atoms with Crippen LogP contribution < -0.4 is 5.73 Å². The fourth-order valence-corrected chi connectivity index (χ4v) is 2.14. The van der Waals surface area contributed by atoms with Crippen molar-refractivity contribution in [2.45, 2.75) is 38.8 Å². The molecule has 0 aromatic rings. The third-order valence-electron chi connectivity index (χ3n) is 3.27. The van der Waals surface area contributed by atoms with Crippen LogP contribution in [0.3, 0.4) is 0 Å². The first-order chi connectivity index (χ1) is 7.24. The van der Waals surface area contributed by atoms with Gasteiger partial charge >= 0.3 is 0 Å². The molecule has 0 spiro atoms. The molecule has 0 radical (unpaired) electrons. The van der Waals surface area contributed by atoms with Crippen LogP contribution in [-0.4, -0.2) is 65.3 Å². The maximum atomic E-state index is 9.14. The Morgan fingerprint density at radius 3 is 1.94 bits per heavy atom. The van der Waals surface area contributed by atoms with Gasteiger partial charge in [0.1, 0.15) is 0 Å². The molecule has 4 nitrogen and oxygen atoms in total. The lowest BCUT2D eigenvalue weighted by Crippen LogP contribution is -2.58. The maximum Gasteiger partial charge on any atom is 0.0621 e. The van der Waals surface area contributed by atoms with Gasteiger partial charge < -0.3 is 10.8 Å². The number of rotatable bonds is 3. The van der Waals surface area contributed by atoms with E-state index < -0.39 is 5.54 Å². The summed E-state index contributed by atoms with van der Waals surface area (Å²) in [6.07, 6.45) is 0. The monoisotopic (exact) mass is 229 g/mol. The van der Waals surface area contributed by atoms with Crippen molar-refractivity contribution in [3.63, 3.8) is 0 Å². The van der Waals surface area contributed by atoms with E-state index in [-0.39, 0.29) is 12.1 Å². The predicted octanol–water partition coefficient (Wildman–Crippen LogP) is 0.112. The molecule has 4 heteroatoms. The van der Waals surface area contributed by atoms with Gasteiger partial charge in [-0.1, -0.05) is 0 Å². The second-order valence-corrected chi connectivity index (χ2v) is 6.25. The highest BCUT2D eigenvalue weighted by molar-refractivity contribution is 4.87. The minimum absolute atomic E-state index is 0.0481. The molecule has 0 saturated carbocycles. The number of hydrogen-bond acceptors (Lipinski definition) is 4. The van der Waals surface area contributed by atoms with Crippen molar-refractivity contribution in [2.75, 3.05) is 39.3 Å². The van der Waals surface area contributed by atoms with Crippen LogP contribution in [0.1, 0.15) is 27.7 Å². The van der Waals surface area contributed by atoms with Crippen LogP contribution in [0.2, 0.25) is 0 Å². The first-order valence-corrected chi connectivity index (χ1v) is 6.12. The van der Waals surface area contributed by atoms with E-state index in [0.29, 0.717) is 0 Å². The molecule has 1 aliphatic heterocycles. The van der Waals surface area contributed by atoms with Gasteiger partial charge in [0.2, 0.25) is 0 Å². The third-order valence-corrected chi connectivity index (χ3v) is 3.27. The lowest BCUT2D eigenvalue weighted by molar-refractivity contribution is 0.0464. The first kappa shape index (κ1) is 13.9. The average molecular weight is 229 g/mol. The number of nitrogens with two attached hydrogens (primary N) is 1. The summed E-state index contributed by atoms with van der Waals surface area (Å²) in [7, 11) is 0. The highest BCUT2D eigenvalue weighted by Gasteiger charge is 2.28. The Labute approximate surface area is 99.4 Å². The Hall–Kier alpha value is -0.160. The molecule has 1 aliphatic rings. The number of hydrogen-bond donors (Lipinski definition) is 2. The highest BCUT2D eigenvalue weighted by atomic mass is 16.3. The summed E-state index contributed by atoms with van der Waals surface area (Å²) in [5.41, 5.74) is 5.75. The van der Waals surface area contributed by atoms with Crippen molar-refractivity contribution in [2.24, 2.45) is 5.73 Å². The second kappa shape index (κ2) is 5.00. The summed E-state index contributed by atoms with van der Waals surface area (Å²) in [5.74, 6) is 0. The summed E-state index contributed by atoms with van der Waals surface area (Å²) in [6, 6.07) is 0. The van der Waals surface area contributed by atoms with E-state index in [1.165, 1.54) is 0 Å². The number of aliphatic hydroxyl groups is 1. The van der Waals surface area contributed by atoms with Crippen LogP contribution in [0.4, 0.5) is 0 Å². The van der Waals surface area contributed by atoms with Crippen LogP contribution in [0, 0.1) is 0 Å². The maximum absolute atomic E-state index is 9.14. The molecule has 96 valence electrons. The Kier molecular flexibility index (Phi) is 4.35. The van der Waals surface area contributed by atoms with Gasteiger partial charge in [-0.25, -0.2) is 0 Å². The molecule has 1 unspecified atom stereocenters. The zero-order valence-corrected chi connectivity index (χ0v) is 11.2. The van der Waals surface area contributed by atoms with Gasteiger partial charge in [0.25, 0.3) is 0 Å². The quantitative estimate of drug-likeness (QED) is 0.721. The summed E-state index contributed by atoms with van der Waals surface area (Å²) in [5, 5.41) is 9.14. The van der Waals surface area contributed by atoms with E-state index >= 15 is 0 Å². The van der Waals surface area contributed by atoms with Crippen molar-refractivity contribution >= 4 is 0 Å². The van der Waals surface area contributed by atoms with E-state index in [1.807, 2.05) is 6.92 Å². The van der Waals surface area contributed by atoms with Crippen LogP contribution >= 0.6 is 0 Å². The normalized spacial score (nSPS) is 24.4. The summed E-state index contributed by atoms with van der Waals surface area (Å²) in [4.78, 5) is 4.84. The molecule has 1 fully saturated rings. The fourth-order valence-electron chi connectivity index (χ4n) is 2.14. The van der Waals surface area contributed by atoms with Crippen LogP contribution in [-0.2, 0) is 0 Å². The smallest absolute Gasteiger partial charge is 0.0621 e. The van der Waals surface area contributed by atoms with Crippen molar-refractivity contribution in [1.29, 1.82) is 0 Å². The largest absolute Gasteiger partial charge is 0.394 e. The topological polar surface area (TPSA) is 52.7 Å². The van der Waals surface area contributed by atoms with Crippen LogP contribution in [0.25, 0.3) is 0 Å². The molecule has 1 heterocycles. The third kappa shape index (κ3) is 4.01. The van der Waals surface area contributed by atoms with E-state index in [2.05, 4.69) is 30.6 Å². The molecule has 1 rings (SSSR count). The summed E-state index contributed by atoms with van der Waals surface area (Å²) in [6.45, 7) is 13.8. The Balaban J connectivity index is 2.38. The lowest BCUT2D eigenvalue weighted by atomic mass is 10.0. The van der Waals surface area contributed by atoms with Crippen LogP contribution in [0.5, 0.6) is 0 Å². The van der Waals surface area contributed by atoms with E-state index in [0.717, 1.165) is 32.7 Å². The second-order valence-electron chi connectivity index (χ2n) is 6.25. The summed E-state index contributed by atoms with van der Waals surface area (Å²) < 4.78 is 0. The van der Waals surface area contributed by atoms with Gasteiger partial charge in [-0.2, -0.15) is 0 Å². The Bertz CT molecular complexity index is 215. The van der Waals surface area contributed by atoms with Gasteiger partial charge in [0, 0.05) is 43.8 Å².